The molecule has 8 aromatic carbocycles. The summed E-state index contributed by atoms with van der Waals surface area (Å²) in [7, 11) is 0. The Balaban J connectivity index is 0.000000145. The Bertz CT molecular complexity index is 3720. The molecule has 4 aromatic heterocycles. The molecule has 0 saturated heterocycles. The number of para-hydroxylation sites is 1. The molecule has 434 valence electrons. The summed E-state index contributed by atoms with van der Waals surface area (Å²) in [5.74, 6) is 0. The van der Waals surface area contributed by atoms with E-state index in [-0.39, 0.29) is 32.5 Å². The third-order valence-corrected chi connectivity index (χ3v) is 16.0. The highest BCUT2D eigenvalue weighted by atomic mass is 32.1. The van der Waals surface area contributed by atoms with Crippen molar-refractivity contribution in [2.24, 2.45) is 0 Å². The van der Waals surface area contributed by atoms with Gasteiger partial charge in [-0.15, -0.1) is 11.3 Å². The van der Waals surface area contributed by atoms with Gasteiger partial charge in [0.1, 0.15) is 0 Å². The summed E-state index contributed by atoms with van der Waals surface area (Å²) in [6.07, 6.45) is 5.59. The number of nitrogens with zero attached hydrogens (tertiary/aromatic N) is 3. The molecule has 4 heterocycles. The fourth-order valence-electron chi connectivity index (χ4n) is 10.7. The lowest BCUT2D eigenvalue weighted by Gasteiger charge is -2.21. The first-order valence-electron chi connectivity index (χ1n) is 29.9. The van der Waals surface area contributed by atoms with Crippen molar-refractivity contribution in [3.05, 3.63) is 257 Å². The predicted octanol–water partition coefficient (Wildman–Crippen LogP) is 23.4. The Morgan fingerprint density at radius 2 is 0.714 bits per heavy atom. The van der Waals surface area contributed by atoms with Gasteiger partial charge in [-0.1, -0.05) is 294 Å². The van der Waals surface area contributed by atoms with Crippen LogP contribution in [0.3, 0.4) is 0 Å². The van der Waals surface area contributed by atoms with Crippen molar-refractivity contribution in [1.82, 2.24) is 15.0 Å². The maximum absolute atomic E-state index is 4.48. The average Bonchev–Trinajstić information content (AvgIpc) is 3.16. The number of rotatable bonds is 0. The van der Waals surface area contributed by atoms with Crippen LogP contribution in [-0.4, -0.2) is 15.0 Å². The van der Waals surface area contributed by atoms with Gasteiger partial charge in [0.25, 0.3) is 0 Å². The van der Waals surface area contributed by atoms with E-state index < -0.39 is 0 Å². The van der Waals surface area contributed by atoms with E-state index in [0.29, 0.717) is 0 Å². The van der Waals surface area contributed by atoms with Gasteiger partial charge >= 0.3 is 0 Å². The summed E-state index contributed by atoms with van der Waals surface area (Å²) in [5, 5.41) is 14.2. The first-order chi connectivity index (χ1) is 39.4. The number of pyridine rings is 3. The number of hydrogen-bond donors (Lipinski definition) is 0. The van der Waals surface area contributed by atoms with Gasteiger partial charge in [0.05, 0.1) is 16.7 Å². The topological polar surface area (TPSA) is 38.7 Å². The van der Waals surface area contributed by atoms with E-state index >= 15 is 0 Å². The summed E-state index contributed by atoms with van der Waals surface area (Å²) in [5.41, 5.74) is 12.9. The summed E-state index contributed by atoms with van der Waals surface area (Å²) < 4.78 is 1.40. The van der Waals surface area contributed by atoms with E-state index in [9.17, 15) is 0 Å². The highest BCUT2D eigenvalue weighted by Gasteiger charge is 2.21. The van der Waals surface area contributed by atoms with Crippen LogP contribution in [0.2, 0.25) is 0 Å². The summed E-state index contributed by atoms with van der Waals surface area (Å²) in [4.78, 5) is 13.3. The lowest BCUT2D eigenvalue weighted by molar-refractivity contribution is 0.575. The Hall–Kier alpha value is -7.53. The third kappa shape index (κ3) is 16.6. The van der Waals surface area contributed by atoms with Crippen LogP contribution >= 0.6 is 11.3 Å². The molecule has 0 aliphatic carbocycles. The van der Waals surface area contributed by atoms with Gasteiger partial charge in [0.15, 0.2) is 0 Å². The first-order valence-corrected chi connectivity index (χ1v) is 30.8. The van der Waals surface area contributed by atoms with E-state index in [2.05, 4.69) is 334 Å². The maximum atomic E-state index is 4.48. The van der Waals surface area contributed by atoms with Crippen molar-refractivity contribution < 1.29 is 0 Å². The molecular formula is C80H93N3S. The molecular weight excluding hydrogens is 1030 g/mol. The van der Waals surface area contributed by atoms with Crippen LogP contribution in [0, 0.1) is 6.92 Å². The zero-order valence-corrected chi connectivity index (χ0v) is 54.9. The van der Waals surface area contributed by atoms with E-state index in [0.717, 1.165) is 11.0 Å². The Morgan fingerprint density at radius 1 is 0.286 bits per heavy atom. The monoisotopic (exact) mass is 1130 g/mol. The van der Waals surface area contributed by atoms with Crippen molar-refractivity contribution in [2.45, 2.75) is 164 Å². The van der Waals surface area contributed by atoms with Crippen molar-refractivity contribution in [3.63, 3.8) is 0 Å². The van der Waals surface area contributed by atoms with Crippen molar-refractivity contribution >= 4 is 75.5 Å². The summed E-state index contributed by atoms with van der Waals surface area (Å²) in [6.45, 7) is 42.5. The summed E-state index contributed by atoms with van der Waals surface area (Å²) >= 11 is 1.84. The number of aromatic nitrogens is 3. The highest BCUT2D eigenvalue weighted by molar-refractivity contribution is 7.17. The van der Waals surface area contributed by atoms with E-state index in [1.807, 2.05) is 42.1 Å². The van der Waals surface area contributed by atoms with E-state index in [1.54, 1.807) is 0 Å². The highest BCUT2D eigenvalue weighted by Crippen LogP contribution is 2.36. The van der Waals surface area contributed by atoms with Crippen LogP contribution in [-0.2, 0) is 32.5 Å². The molecule has 12 aromatic rings. The molecule has 84 heavy (non-hydrogen) atoms. The summed E-state index contributed by atoms with van der Waals surface area (Å²) in [6, 6.07) is 68.4. The maximum Gasteiger partial charge on any atom is 0.0739 e. The number of fused-ring (bicyclic) bond motifs is 6. The third-order valence-electron chi connectivity index (χ3n) is 15.0. The Morgan fingerprint density at radius 3 is 1.31 bits per heavy atom. The molecule has 0 amide bonds. The quantitative estimate of drug-likeness (QED) is 0.152. The van der Waals surface area contributed by atoms with Gasteiger partial charge < -0.3 is 0 Å². The molecule has 0 saturated carbocycles. The van der Waals surface area contributed by atoms with E-state index in [1.165, 1.54) is 92.3 Å². The minimum atomic E-state index is 0.112. The molecule has 0 atom stereocenters. The second-order valence-electron chi connectivity index (χ2n) is 28.3. The molecule has 0 aliphatic heterocycles. The fourth-order valence-corrected chi connectivity index (χ4v) is 11.9. The van der Waals surface area contributed by atoms with Crippen LogP contribution in [0.5, 0.6) is 0 Å². The van der Waals surface area contributed by atoms with Crippen molar-refractivity contribution in [3.8, 4) is 0 Å². The second kappa shape index (κ2) is 26.6. The Kier molecular flexibility index (Phi) is 20.3. The zero-order chi connectivity index (χ0) is 61.3. The molecule has 0 fully saturated rings. The van der Waals surface area contributed by atoms with Crippen molar-refractivity contribution in [2.75, 3.05) is 0 Å². The van der Waals surface area contributed by atoms with Crippen LogP contribution < -0.4 is 0 Å². The van der Waals surface area contributed by atoms with Crippen LogP contribution in [0.1, 0.15) is 164 Å². The molecule has 3 nitrogen and oxygen atoms in total. The first kappa shape index (κ1) is 64.0. The molecule has 0 aliphatic rings. The predicted molar refractivity (Wildman–Crippen MR) is 372 cm³/mol. The average molecular weight is 1130 g/mol. The van der Waals surface area contributed by atoms with Gasteiger partial charge in [0.2, 0.25) is 0 Å². The largest absolute Gasteiger partial charge is 0.260 e. The molecule has 0 radical (unpaired) electrons. The molecule has 4 heteroatoms. The van der Waals surface area contributed by atoms with Gasteiger partial charge in [-0.05, 0) is 130 Å². The van der Waals surface area contributed by atoms with Gasteiger partial charge in [-0.2, -0.15) is 0 Å². The van der Waals surface area contributed by atoms with Gasteiger partial charge in [-0.3, -0.25) is 15.0 Å². The standard InChI is InChI=1S/C15H18.C14H16.3C13H15N.C12H14S/c1-11-8-9-12-6-5-7-14(13(12)10-11)15(2,3)4;1-14(2,3)13-10-6-8-11-7-4-5-9-12(11)13;1-13(2,3)11-7-4-8-12-10(11)6-5-9-14-12;1-13(2,3)11-8-4-6-10-7-5-9-14-12(10)11;1-13(2,3)12-11-7-5-4-6-10(11)8-9-14-12;1-12(2,3)10-8-13-11-7-5-4-6-9(10)11/h5-10H,1-4H3;4-10H,1-3H3;3*4-9H,1-3H3;4-8H,1-3H3. The Labute approximate surface area is 508 Å². The lowest BCUT2D eigenvalue weighted by Crippen LogP contribution is -2.13. The smallest absolute Gasteiger partial charge is 0.0739 e. The second-order valence-corrected chi connectivity index (χ2v) is 29.3. The number of hydrogen-bond acceptors (Lipinski definition) is 4. The van der Waals surface area contributed by atoms with Gasteiger partial charge in [0, 0.05) is 44.9 Å². The molecule has 0 spiro atoms. The molecule has 0 bridgehead atoms. The normalized spacial score (nSPS) is 12.0. The lowest BCUT2D eigenvalue weighted by atomic mass is 9.83. The SMILES string of the molecule is CC(C)(C)c1cccc2ccccc12.CC(C)(C)c1cccc2cccnc12.CC(C)(C)c1cccc2ncccc12.CC(C)(C)c1csc2ccccc12.CC(C)(C)c1nccc2ccccc12.Cc1ccc2cccc(C(C)(C)C)c2c1. The fraction of sp³-hybridized carbons (Fsp3) is 0.312. The van der Waals surface area contributed by atoms with Crippen LogP contribution in [0.15, 0.2) is 218 Å². The minimum Gasteiger partial charge on any atom is -0.260 e. The number of benzene rings is 8. The minimum absolute atomic E-state index is 0.112. The van der Waals surface area contributed by atoms with Crippen LogP contribution in [0.4, 0.5) is 0 Å². The van der Waals surface area contributed by atoms with E-state index in [4.69, 9.17) is 0 Å². The molecule has 0 unspecified atom stereocenters. The number of thiophene rings is 1. The van der Waals surface area contributed by atoms with Gasteiger partial charge in [-0.25, -0.2) is 0 Å². The van der Waals surface area contributed by atoms with Crippen LogP contribution in [0.25, 0.3) is 64.2 Å². The van der Waals surface area contributed by atoms with Crippen molar-refractivity contribution in [1.29, 1.82) is 0 Å². The number of aryl methyl sites for hydroxylation is 1. The molecule has 0 N–H and O–H groups in total. The molecule has 12 rings (SSSR count). The zero-order valence-electron chi connectivity index (χ0n) is 54.0.